The number of hydrogen-bond acceptors (Lipinski definition) is 5. The van der Waals surface area contributed by atoms with Crippen LogP contribution in [-0.2, 0) is 27.5 Å². The van der Waals surface area contributed by atoms with E-state index in [0.717, 1.165) is 23.0 Å². The van der Waals surface area contributed by atoms with Crippen molar-refractivity contribution >= 4 is 17.7 Å². The zero-order valence-corrected chi connectivity index (χ0v) is 14.9. The molecule has 1 aromatic heterocycles. The van der Waals surface area contributed by atoms with Crippen molar-refractivity contribution in [3.8, 4) is 0 Å². The van der Waals surface area contributed by atoms with Crippen LogP contribution in [0.25, 0.3) is 0 Å². The van der Waals surface area contributed by atoms with Gasteiger partial charge < -0.3 is 5.32 Å². The van der Waals surface area contributed by atoms with Gasteiger partial charge in [0.1, 0.15) is 6.54 Å². The molecule has 3 amide bonds. The maximum absolute atomic E-state index is 12.5. The smallest absolute Gasteiger partial charge is 0.331 e. The molecule has 0 bridgehead atoms. The second kappa shape index (κ2) is 8.33. The Bertz CT molecular complexity index is 1010. The maximum Gasteiger partial charge on any atom is 0.331 e. The molecule has 1 aliphatic carbocycles. The van der Waals surface area contributed by atoms with E-state index in [2.05, 4.69) is 5.32 Å². The van der Waals surface area contributed by atoms with Crippen molar-refractivity contribution < 1.29 is 14.4 Å². The summed E-state index contributed by atoms with van der Waals surface area (Å²) in [5.41, 5.74) is 3.52. The molecule has 0 saturated heterocycles. The Labute approximate surface area is 159 Å². The molecule has 10 heteroatoms. The van der Waals surface area contributed by atoms with Gasteiger partial charge in [0, 0.05) is 18.3 Å². The number of amides is 3. The first kappa shape index (κ1) is 19.1. The standard InChI is InChI=1S/C18H19N5O5/c24-14(20-21-17(27)16(26)19-13-6-7-13)11-23-15(25)8-9-22(18(23)28)10-12-4-2-1-3-5-12/h1-5,8-9,13H,6-7,10-11H2,(H,19,26)(H,20,24)(H,21,27). The predicted octanol–water partition coefficient (Wildman–Crippen LogP) is -1.52. The normalized spacial score (nSPS) is 12.9. The van der Waals surface area contributed by atoms with Crippen LogP contribution < -0.4 is 27.4 Å². The van der Waals surface area contributed by atoms with Crippen LogP contribution in [0.4, 0.5) is 0 Å². The highest BCUT2D eigenvalue weighted by molar-refractivity contribution is 6.35. The fraction of sp³-hybridized carbons (Fsp3) is 0.278. The van der Waals surface area contributed by atoms with Gasteiger partial charge in [-0.15, -0.1) is 0 Å². The number of aromatic nitrogens is 2. The first-order valence-corrected chi connectivity index (χ1v) is 8.68. The molecule has 10 nitrogen and oxygen atoms in total. The van der Waals surface area contributed by atoms with E-state index in [0.29, 0.717) is 0 Å². The molecule has 28 heavy (non-hydrogen) atoms. The molecule has 1 saturated carbocycles. The lowest BCUT2D eigenvalue weighted by atomic mass is 10.2. The summed E-state index contributed by atoms with van der Waals surface area (Å²) in [4.78, 5) is 59.5. The molecular formula is C18H19N5O5. The number of carbonyl (C=O) groups excluding carboxylic acids is 3. The molecule has 0 spiro atoms. The van der Waals surface area contributed by atoms with Gasteiger partial charge in [-0.05, 0) is 18.4 Å². The van der Waals surface area contributed by atoms with Gasteiger partial charge in [0.25, 0.3) is 11.5 Å². The van der Waals surface area contributed by atoms with E-state index in [1.165, 1.54) is 16.8 Å². The largest absolute Gasteiger partial charge is 0.345 e. The van der Waals surface area contributed by atoms with E-state index < -0.39 is 35.5 Å². The summed E-state index contributed by atoms with van der Waals surface area (Å²) in [6, 6.07) is 10.3. The van der Waals surface area contributed by atoms with Gasteiger partial charge in [-0.1, -0.05) is 30.3 Å². The van der Waals surface area contributed by atoms with Gasteiger partial charge in [0.2, 0.25) is 0 Å². The van der Waals surface area contributed by atoms with Crippen LogP contribution in [0, 0.1) is 0 Å². The van der Waals surface area contributed by atoms with Crippen molar-refractivity contribution in [2.24, 2.45) is 0 Å². The third-order valence-electron chi connectivity index (χ3n) is 4.07. The third-order valence-corrected chi connectivity index (χ3v) is 4.07. The Kier molecular flexibility index (Phi) is 5.68. The summed E-state index contributed by atoms with van der Waals surface area (Å²) in [5, 5.41) is 2.47. The lowest BCUT2D eigenvalue weighted by molar-refractivity contribution is -0.141. The van der Waals surface area contributed by atoms with Gasteiger partial charge in [-0.25, -0.2) is 4.79 Å². The molecule has 0 atom stereocenters. The number of nitrogens with one attached hydrogen (secondary N) is 3. The Morgan fingerprint density at radius 2 is 1.68 bits per heavy atom. The minimum atomic E-state index is -1.03. The fourth-order valence-electron chi connectivity index (χ4n) is 2.45. The van der Waals surface area contributed by atoms with Crippen molar-refractivity contribution in [1.29, 1.82) is 0 Å². The maximum atomic E-state index is 12.5. The van der Waals surface area contributed by atoms with Crippen LogP contribution in [0.2, 0.25) is 0 Å². The number of carbonyl (C=O) groups is 3. The predicted molar refractivity (Wildman–Crippen MR) is 98.0 cm³/mol. The molecule has 3 rings (SSSR count). The Hall–Kier alpha value is -3.69. The first-order chi connectivity index (χ1) is 13.4. The van der Waals surface area contributed by atoms with Crippen molar-refractivity contribution in [2.75, 3.05) is 0 Å². The highest BCUT2D eigenvalue weighted by atomic mass is 16.2. The van der Waals surface area contributed by atoms with Crippen LogP contribution in [0.5, 0.6) is 0 Å². The quantitative estimate of drug-likeness (QED) is 0.425. The average Bonchev–Trinajstić information content (AvgIpc) is 3.50. The van der Waals surface area contributed by atoms with E-state index >= 15 is 0 Å². The summed E-state index contributed by atoms with van der Waals surface area (Å²) in [5.74, 6) is -2.70. The lowest BCUT2D eigenvalue weighted by Gasteiger charge is -2.11. The highest BCUT2D eigenvalue weighted by Crippen LogP contribution is 2.18. The summed E-state index contributed by atoms with van der Waals surface area (Å²) in [6.07, 6.45) is 2.99. The zero-order chi connectivity index (χ0) is 20.1. The molecule has 0 unspecified atom stereocenters. The molecule has 0 aliphatic heterocycles. The van der Waals surface area contributed by atoms with Crippen LogP contribution in [0.3, 0.4) is 0 Å². The van der Waals surface area contributed by atoms with E-state index in [9.17, 15) is 24.0 Å². The van der Waals surface area contributed by atoms with Gasteiger partial charge in [0.05, 0.1) is 6.54 Å². The second-order valence-corrected chi connectivity index (χ2v) is 6.39. The fourth-order valence-corrected chi connectivity index (χ4v) is 2.45. The van der Waals surface area contributed by atoms with Gasteiger partial charge in [-0.3, -0.25) is 39.2 Å². The molecule has 1 aliphatic rings. The minimum Gasteiger partial charge on any atom is -0.345 e. The summed E-state index contributed by atoms with van der Waals surface area (Å²) in [7, 11) is 0. The van der Waals surface area contributed by atoms with E-state index in [1.807, 2.05) is 41.2 Å². The molecule has 1 heterocycles. The van der Waals surface area contributed by atoms with E-state index in [-0.39, 0.29) is 12.6 Å². The minimum absolute atomic E-state index is 0.0000656. The number of nitrogens with zero attached hydrogens (tertiary/aromatic N) is 2. The lowest BCUT2D eigenvalue weighted by Crippen LogP contribution is -2.51. The topological polar surface area (TPSA) is 131 Å². The SMILES string of the molecule is O=C(Cn1c(=O)ccn(Cc2ccccc2)c1=O)NNC(=O)C(=O)NC1CC1. The van der Waals surface area contributed by atoms with Gasteiger partial charge in [-0.2, -0.15) is 0 Å². The molecule has 1 fully saturated rings. The van der Waals surface area contributed by atoms with Crippen molar-refractivity contribution in [2.45, 2.75) is 32.0 Å². The van der Waals surface area contributed by atoms with Crippen LogP contribution in [0.1, 0.15) is 18.4 Å². The number of hydrogen-bond donors (Lipinski definition) is 3. The Balaban J connectivity index is 1.62. The molecule has 3 N–H and O–H groups in total. The van der Waals surface area contributed by atoms with Crippen molar-refractivity contribution in [3.63, 3.8) is 0 Å². The van der Waals surface area contributed by atoms with Crippen molar-refractivity contribution in [3.05, 3.63) is 69.0 Å². The first-order valence-electron chi connectivity index (χ1n) is 8.68. The van der Waals surface area contributed by atoms with Crippen LogP contribution >= 0.6 is 0 Å². The van der Waals surface area contributed by atoms with Gasteiger partial charge >= 0.3 is 17.5 Å². The highest BCUT2D eigenvalue weighted by Gasteiger charge is 2.26. The Morgan fingerprint density at radius 3 is 2.36 bits per heavy atom. The molecule has 146 valence electrons. The molecule has 2 aromatic rings. The summed E-state index contributed by atoms with van der Waals surface area (Å²) < 4.78 is 2.04. The number of rotatable bonds is 5. The van der Waals surface area contributed by atoms with E-state index in [1.54, 1.807) is 0 Å². The number of benzene rings is 1. The Morgan fingerprint density at radius 1 is 0.964 bits per heavy atom. The molecule has 1 aromatic carbocycles. The summed E-state index contributed by atoms with van der Waals surface area (Å²) >= 11 is 0. The molecular weight excluding hydrogens is 366 g/mol. The van der Waals surface area contributed by atoms with Crippen LogP contribution in [-0.4, -0.2) is 32.9 Å². The monoisotopic (exact) mass is 385 g/mol. The van der Waals surface area contributed by atoms with Gasteiger partial charge in [0.15, 0.2) is 0 Å². The third kappa shape index (κ3) is 4.93. The second-order valence-electron chi connectivity index (χ2n) is 6.39. The van der Waals surface area contributed by atoms with Crippen LogP contribution in [0.15, 0.2) is 52.2 Å². The van der Waals surface area contributed by atoms with Crippen molar-refractivity contribution in [1.82, 2.24) is 25.3 Å². The molecule has 0 radical (unpaired) electrons. The zero-order valence-electron chi connectivity index (χ0n) is 14.9. The summed E-state index contributed by atoms with van der Waals surface area (Å²) in [6.45, 7) is -0.364. The average molecular weight is 385 g/mol. The van der Waals surface area contributed by atoms with E-state index in [4.69, 9.17) is 0 Å². The number of hydrazine groups is 1.